The molecule has 3 rings (SSSR count). The minimum Gasteiger partial charge on any atom is -0.351 e. The smallest absolute Gasteiger partial charge is 0.255 e. The van der Waals surface area contributed by atoms with Crippen LogP contribution >= 0.6 is 0 Å². The molecule has 122 valence electrons. The number of halogens is 1. The Labute approximate surface area is 134 Å². The molecule has 0 aliphatic carbocycles. The molecule has 1 aromatic carbocycles. The molecule has 3 N–H and O–H groups in total. The Morgan fingerprint density at radius 1 is 1.30 bits per heavy atom. The molecule has 2 heterocycles. The van der Waals surface area contributed by atoms with Crippen molar-refractivity contribution in [1.29, 1.82) is 0 Å². The summed E-state index contributed by atoms with van der Waals surface area (Å²) < 4.78 is 13.0. The molecule has 23 heavy (non-hydrogen) atoms. The second-order valence-corrected chi connectivity index (χ2v) is 6.41. The molecule has 0 unspecified atom stereocenters. The minimum absolute atomic E-state index is 0.126. The zero-order chi connectivity index (χ0) is 16.3. The van der Waals surface area contributed by atoms with Crippen molar-refractivity contribution in [2.75, 3.05) is 19.6 Å². The minimum atomic E-state index is -0.307. The lowest BCUT2D eigenvalue weighted by atomic mass is 9.81. The molecular weight excluding hydrogens is 295 g/mol. The molecule has 1 fully saturated rings. The molecule has 5 nitrogen and oxygen atoms in total. The molecule has 1 aliphatic rings. The number of amides is 1. The van der Waals surface area contributed by atoms with Gasteiger partial charge in [-0.1, -0.05) is 6.92 Å². The molecule has 0 spiro atoms. The van der Waals surface area contributed by atoms with Gasteiger partial charge in [0.1, 0.15) is 5.82 Å². The Kier molecular flexibility index (Phi) is 4.43. The van der Waals surface area contributed by atoms with Gasteiger partial charge in [0.15, 0.2) is 0 Å². The Balaban J connectivity index is 1.71. The number of nitrogens with zero attached hydrogens (tertiary/aromatic N) is 1. The highest BCUT2D eigenvalue weighted by Crippen LogP contribution is 2.27. The van der Waals surface area contributed by atoms with Crippen LogP contribution in [0.2, 0.25) is 0 Å². The van der Waals surface area contributed by atoms with E-state index in [9.17, 15) is 9.18 Å². The zero-order valence-corrected chi connectivity index (χ0v) is 13.2. The van der Waals surface area contributed by atoms with Gasteiger partial charge in [0.05, 0.1) is 17.5 Å². The number of piperidine rings is 1. The molecule has 6 heteroatoms. The second kappa shape index (κ2) is 6.50. The van der Waals surface area contributed by atoms with E-state index in [2.05, 4.69) is 27.8 Å². The lowest BCUT2D eigenvalue weighted by molar-refractivity contribution is 0.0923. The molecule has 1 aromatic heterocycles. The summed E-state index contributed by atoms with van der Waals surface area (Å²) in [5.74, 6) is -0.462. The summed E-state index contributed by atoms with van der Waals surface area (Å²) in [7, 11) is 0. The summed E-state index contributed by atoms with van der Waals surface area (Å²) in [5.41, 5.74) is 1.95. The van der Waals surface area contributed by atoms with Gasteiger partial charge >= 0.3 is 0 Å². The van der Waals surface area contributed by atoms with Crippen molar-refractivity contribution >= 4 is 5.91 Å². The van der Waals surface area contributed by atoms with Crippen molar-refractivity contribution in [3.05, 3.63) is 41.8 Å². The van der Waals surface area contributed by atoms with Crippen LogP contribution in [0.3, 0.4) is 0 Å². The first-order chi connectivity index (χ1) is 11.1. The fourth-order valence-electron chi connectivity index (χ4n) is 2.89. The number of aromatic nitrogens is 2. The monoisotopic (exact) mass is 316 g/mol. The van der Waals surface area contributed by atoms with Gasteiger partial charge in [-0.3, -0.25) is 9.89 Å². The van der Waals surface area contributed by atoms with Crippen LogP contribution in [0.15, 0.2) is 30.5 Å². The molecule has 1 aliphatic heterocycles. The molecule has 0 saturated carbocycles. The number of rotatable bonds is 4. The Hall–Kier alpha value is -2.21. The number of hydrogen-bond donors (Lipinski definition) is 3. The second-order valence-electron chi connectivity index (χ2n) is 6.41. The highest BCUT2D eigenvalue weighted by Gasteiger charge is 2.27. The maximum atomic E-state index is 13.0. The molecule has 0 atom stereocenters. The summed E-state index contributed by atoms with van der Waals surface area (Å²) >= 11 is 0. The first-order valence-electron chi connectivity index (χ1n) is 7.86. The van der Waals surface area contributed by atoms with Gasteiger partial charge in [-0.25, -0.2) is 4.39 Å². The van der Waals surface area contributed by atoms with Gasteiger partial charge in [0.25, 0.3) is 5.91 Å². The molecule has 1 amide bonds. The van der Waals surface area contributed by atoms with Gasteiger partial charge in [-0.15, -0.1) is 0 Å². The Morgan fingerprint density at radius 3 is 2.70 bits per heavy atom. The van der Waals surface area contributed by atoms with Crippen LogP contribution in [0.25, 0.3) is 11.3 Å². The average molecular weight is 316 g/mol. The first-order valence-corrected chi connectivity index (χ1v) is 7.86. The molecule has 0 bridgehead atoms. The van der Waals surface area contributed by atoms with Crippen LogP contribution in [0.1, 0.15) is 30.1 Å². The van der Waals surface area contributed by atoms with Gasteiger partial charge in [0, 0.05) is 12.1 Å². The van der Waals surface area contributed by atoms with E-state index in [0.29, 0.717) is 17.8 Å². The maximum Gasteiger partial charge on any atom is 0.255 e. The van der Waals surface area contributed by atoms with Crippen molar-refractivity contribution in [3.8, 4) is 11.3 Å². The maximum absolute atomic E-state index is 13.0. The van der Waals surface area contributed by atoms with Crippen LogP contribution < -0.4 is 10.6 Å². The van der Waals surface area contributed by atoms with Crippen molar-refractivity contribution in [2.24, 2.45) is 5.41 Å². The number of hydrogen-bond acceptors (Lipinski definition) is 3. The highest BCUT2D eigenvalue weighted by atomic mass is 19.1. The third-order valence-electron chi connectivity index (χ3n) is 4.50. The fraction of sp³-hybridized carbons (Fsp3) is 0.412. The highest BCUT2D eigenvalue weighted by molar-refractivity contribution is 5.99. The summed E-state index contributed by atoms with van der Waals surface area (Å²) in [6.45, 7) is 4.81. The Bertz CT molecular complexity index is 674. The van der Waals surface area contributed by atoms with Gasteiger partial charge in [-0.05, 0) is 55.6 Å². The van der Waals surface area contributed by atoms with Crippen LogP contribution in [-0.4, -0.2) is 35.7 Å². The topological polar surface area (TPSA) is 69.8 Å². The van der Waals surface area contributed by atoms with Crippen LogP contribution in [0, 0.1) is 11.2 Å². The summed E-state index contributed by atoms with van der Waals surface area (Å²) in [5, 5.41) is 13.1. The van der Waals surface area contributed by atoms with Crippen LogP contribution in [-0.2, 0) is 0 Å². The van der Waals surface area contributed by atoms with Gasteiger partial charge in [-0.2, -0.15) is 5.10 Å². The summed E-state index contributed by atoms with van der Waals surface area (Å²) in [6, 6.07) is 6.00. The predicted octanol–water partition coefficient (Wildman–Crippen LogP) is 2.34. The number of H-pyrrole nitrogens is 1. The van der Waals surface area contributed by atoms with Crippen molar-refractivity contribution in [3.63, 3.8) is 0 Å². The largest absolute Gasteiger partial charge is 0.351 e. The number of aromatic amines is 1. The number of nitrogens with one attached hydrogen (secondary N) is 3. The molecular formula is C17H21FN4O. The summed E-state index contributed by atoms with van der Waals surface area (Å²) in [4.78, 5) is 12.5. The van der Waals surface area contributed by atoms with Gasteiger partial charge in [0.2, 0.25) is 0 Å². The van der Waals surface area contributed by atoms with Crippen molar-refractivity contribution < 1.29 is 9.18 Å². The number of carbonyl (C=O) groups excluding carboxylic acids is 1. The normalized spacial score (nSPS) is 17.0. The lowest BCUT2D eigenvalue weighted by Gasteiger charge is -2.34. The SMILES string of the molecule is CC1(CNC(=O)c2cn[nH]c2-c2ccc(F)cc2)CCNCC1. The molecule has 2 aromatic rings. The first kappa shape index (κ1) is 15.7. The van der Waals surface area contributed by atoms with E-state index in [-0.39, 0.29) is 17.1 Å². The Morgan fingerprint density at radius 2 is 2.00 bits per heavy atom. The molecule has 0 radical (unpaired) electrons. The lowest BCUT2D eigenvalue weighted by Crippen LogP contribution is -2.42. The average Bonchev–Trinajstić information content (AvgIpc) is 3.04. The summed E-state index contributed by atoms with van der Waals surface area (Å²) in [6.07, 6.45) is 3.60. The van der Waals surface area contributed by atoms with E-state index in [1.54, 1.807) is 12.1 Å². The number of carbonyl (C=O) groups is 1. The van der Waals surface area contributed by atoms with Crippen LogP contribution in [0.5, 0.6) is 0 Å². The standard InChI is InChI=1S/C17H21FN4O/c1-17(6-8-19-9-7-17)11-20-16(23)14-10-21-22-15(14)12-2-4-13(18)5-3-12/h2-5,10,19H,6-9,11H2,1H3,(H,20,23)(H,21,22). The number of benzene rings is 1. The van der Waals surface area contributed by atoms with E-state index >= 15 is 0 Å². The van der Waals surface area contributed by atoms with E-state index in [1.807, 2.05) is 0 Å². The van der Waals surface area contributed by atoms with Gasteiger partial charge < -0.3 is 10.6 Å². The van der Waals surface area contributed by atoms with Crippen molar-refractivity contribution in [2.45, 2.75) is 19.8 Å². The van der Waals surface area contributed by atoms with E-state index < -0.39 is 0 Å². The third kappa shape index (κ3) is 3.59. The van der Waals surface area contributed by atoms with E-state index in [1.165, 1.54) is 18.3 Å². The predicted molar refractivity (Wildman–Crippen MR) is 86.5 cm³/mol. The molecule has 1 saturated heterocycles. The van der Waals surface area contributed by atoms with E-state index in [4.69, 9.17) is 0 Å². The van der Waals surface area contributed by atoms with Crippen molar-refractivity contribution in [1.82, 2.24) is 20.8 Å². The zero-order valence-electron chi connectivity index (χ0n) is 13.2. The van der Waals surface area contributed by atoms with E-state index in [0.717, 1.165) is 31.5 Å². The quantitative estimate of drug-likeness (QED) is 0.811. The van der Waals surface area contributed by atoms with Crippen LogP contribution in [0.4, 0.5) is 4.39 Å². The fourth-order valence-corrected chi connectivity index (χ4v) is 2.89. The third-order valence-corrected chi connectivity index (χ3v) is 4.50.